The van der Waals surface area contributed by atoms with Crippen molar-refractivity contribution >= 4 is 0 Å². The van der Waals surface area contributed by atoms with Crippen LogP contribution >= 0.6 is 0 Å². The van der Waals surface area contributed by atoms with Crippen molar-refractivity contribution in [1.29, 1.82) is 0 Å². The third-order valence-corrected chi connectivity index (χ3v) is 2.15. The van der Waals surface area contributed by atoms with Crippen LogP contribution in [-0.2, 0) is 14.2 Å². The Balaban J connectivity index is 2.79. The summed E-state index contributed by atoms with van der Waals surface area (Å²) in [6, 6.07) is 7.20. The molecule has 4 nitrogen and oxygen atoms in total. The van der Waals surface area contributed by atoms with Gasteiger partial charge in [-0.15, -0.1) is 0 Å². The molecule has 0 aromatic heterocycles. The van der Waals surface area contributed by atoms with E-state index in [1.807, 2.05) is 12.1 Å². The van der Waals surface area contributed by atoms with Gasteiger partial charge in [0.2, 0.25) is 0 Å². The van der Waals surface area contributed by atoms with Gasteiger partial charge in [0.05, 0.1) is 0 Å². The van der Waals surface area contributed by atoms with Gasteiger partial charge in [-0.2, -0.15) is 0 Å². The number of rotatable bonds is 5. The van der Waals surface area contributed by atoms with Crippen molar-refractivity contribution in [1.82, 2.24) is 0 Å². The lowest BCUT2D eigenvalue weighted by atomic mass is 10.1. The van der Waals surface area contributed by atoms with E-state index in [9.17, 15) is 5.11 Å². The Labute approximate surface area is 89.4 Å². The molecule has 0 spiro atoms. The van der Waals surface area contributed by atoms with Gasteiger partial charge < -0.3 is 19.3 Å². The third kappa shape index (κ3) is 3.00. The van der Waals surface area contributed by atoms with E-state index in [-0.39, 0.29) is 6.29 Å². The molecule has 1 unspecified atom stereocenters. The summed E-state index contributed by atoms with van der Waals surface area (Å²) in [5, 5.41) is 9.39. The van der Waals surface area contributed by atoms with Crippen LogP contribution in [0.15, 0.2) is 24.3 Å². The summed E-state index contributed by atoms with van der Waals surface area (Å²) >= 11 is 0. The molecule has 84 valence electrons. The average Bonchev–Trinajstić information content (AvgIpc) is 2.30. The molecule has 0 bridgehead atoms. The molecular formula is C11H16O4. The maximum atomic E-state index is 9.39. The van der Waals surface area contributed by atoms with Crippen LogP contribution in [0.4, 0.5) is 0 Å². The van der Waals surface area contributed by atoms with E-state index in [0.717, 1.165) is 5.56 Å². The predicted octanol–water partition coefficient (Wildman–Crippen LogP) is 1.62. The molecular weight excluding hydrogens is 196 g/mol. The normalized spacial score (nSPS) is 13.1. The Morgan fingerprint density at radius 3 is 1.73 bits per heavy atom. The van der Waals surface area contributed by atoms with E-state index in [4.69, 9.17) is 14.2 Å². The number of aliphatic hydroxyl groups excluding tert-OH is 1. The molecule has 1 aromatic carbocycles. The van der Waals surface area contributed by atoms with Crippen LogP contribution in [0.25, 0.3) is 0 Å². The van der Waals surface area contributed by atoms with Gasteiger partial charge in [-0.25, -0.2) is 0 Å². The minimum Gasteiger partial charge on any atom is -0.364 e. The SMILES string of the molecule is COC(O)c1ccc(C(OC)OC)cc1. The Bertz CT molecular complexity index is 279. The Hall–Kier alpha value is -0.940. The van der Waals surface area contributed by atoms with Gasteiger partial charge in [0.1, 0.15) is 0 Å². The summed E-state index contributed by atoms with van der Waals surface area (Å²) in [6.07, 6.45) is -1.26. The molecule has 0 saturated heterocycles. The zero-order valence-electron chi connectivity index (χ0n) is 9.14. The molecule has 1 rings (SSSR count). The molecule has 1 aromatic rings. The van der Waals surface area contributed by atoms with Crippen molar-refractivity contribution < 1.29 is 19.3 Å². The fourth-order valence-electron chi connectivity index (χ4n) is 1.32. The summed E-state index contributed by atoms with van der Waals surface area (Å²) in [4.78, 5) is 0. The molecule has 0 aliphatic carbocycles. The van der Waals surface area contributed by atoms with E-state index in [1.165, 1.54) is 7.11 Å². The molecule has 0 saturated carbocycles. The fourth-order valence-corrected chi connectivity index (χ4v) is 1.32. The zero-order chi connectivity index (χ0) is 11.3. The lowest BCUT2D eigenvalue weighted by Crippen LogP contribution is -2.04. The van der Waals surface area contributed by atoms with Gasteiger partial charge in [0, 0.05) is 32.5 Å². The van der Waals surface area contributed by atoms with Crippen LogP contribution in [0.2, 0.25) is 0 Å². The number of aliphatic hydroxyl groups is 1. The van der Waals surface area contributed by atoms with Crippen LogP contribution in [0, 0.1) is 0 Å². The number of hydrogen-bond donors (Lipinski definition) is 1. The largest absolute Gasteiger partial charge is 0.364 e. The van der Waals surface area contributed by atoms with E-state index in [0.29, 0.717) is 5.56 Å². The van der Waals surface area contributed by atoms with Gasteiger partial charge in [0.25, 0.3) is 0 Å². The molecule has 1 N–H and O–H groups in total. The van der Waals surface area contributed by atoms with Crippen molar-refractivity contribution in [3.05, 3.63) is 35.4 Å². The number of methoxy groups -OCH3 is 3. The summed E-state index contributed by atoms with van der Waals surface area (Å²) < 4.78 is 15.0. The van der Waals surface area contributed by atoms with Gasteiger partial charge >= 0.3 is 0 Å². The number of hydrogen-bond acceptors (Lipinski definition) is 4. The topological polar surface area (TPSA) is 47.9 Å². The molecule has 0 fully saturated rings. The maximum absolute atomic E-state index is 9.39. The standard InChI is InChI=1S/C11H16O4/c1-13-10(12)8-4-6-9(7-5-8)11(14-2)15-3/h4-7,10-12H,1-3H3. The molecule has 0 heterocycles. The minimum absolute atomic E-state index is 0.376. The van der Waals surface area contributed by atoms with Crippen molar-refractivity contribution in [2.75, 3.05) is 21.3 Å². The summed E-state index contributed by atoms with van der Waals surface area (Å²) in [5.41, 5.74) is 1.60. The van der Waals surface area contributed by atoms with Crippen molar-refractivity contribution in [2.45, 2.75) is 12.6 Å². The lowest BCUT2D eigenvalue weighted by Gasteiger charge is -2.15. The summed E-state index contributed by atoms with van der Waals surface area (Å²) in [6.45, 7) is 0. The van der Waals surface area contributed by atoms with Crippen molar-refractivity contribution in [3.63, 3.8) is 0 Å². The average molecular weight is 212 g/mol. The second kappa shape index (κ2) is 5.82. The van der Waals surface area contributed by atoms with E-state index in [2.05, 4.69) is 0 Å². The highest BCUT2D eigenvalue weighted by atomic mass is 16.7. The molecule has 15 heavy (non-hydrogen) atoms. The third-order valence-electron chi connectivity index (χ3n) is 2.15. The van der Waals surface area contributed by atoms with E-state index < -0.39 is 6.29 Å². The van der Waals surface area contributed by atoms with Gasteiger partial charge in [0.15, 0.2) is 12.6 Å². The Morgan fingerprint density at radius 1 is 0.867 bits per heavy atom. The first-order chi connectivity index (χ1) is 7.22. The Kier molecular flexibility index (Phi) is 4.71. The van der Waals surface area contributed by atoms with Crippen LogP contribution in [-0.4, -0.2) is 26.4 Å². The highest BCUT2D eigenvalue weighted by Crippen LogP contribution is 2.20. The number of ether oxygens (including phenoxy) is 3. The number of benzene rings is 1. The molecule has 0 radical (unpaired) electrons. The van der Waals surface area contributed by atoms with Gasteiger partial charge in [-0.3, -0.25) is 0 Å². The first kappa shape index (κ1) is 12.1. The fraction of sp³-hybridized carbons (Fsp3) is 0.455. The van der Waals surface area contributed by atoms with Crippen LogP contribution in [0.3, 0.4) is 0 Å². The quantitative estimate of drug-likeness (QED) is 0.753. The molecule has 1 atom stereocenters. The van der Waals surface area contributed by atoms with Crippen molar-refractivity contribution in [2.24, 2.45) is 0 Å². The molecule has 0 aliphatic heterocycles. The molecule has 0 aliphatic rings. The summed E-state index contributed by atoms with van der Waals surface area (Å²) in [7, 11) is 4.60. The van der Waals surface area contributed by atoms with Crippen LogP contribution in [0.5, 0.6) is 0 Å². The monoisotopic (exact) mass is 212 g/mol. The van der Waals surface area contributed by atoms with E-state index >= 15 is 0 Å². The highest BCUT2D eigenvalue weighted by molar-refractivity contribution is 5.24. The van der Waals surface area contributed by atoms with Gasteiger partial charge in [-0.1, -0.05) is 24.3 Å². The molecule has 4 heteroatoms. The second-order valence-electron chi connectivity index (χ2n) is 3.06. The van der Waals surface area contributed by atoms with Crippen molar-refractivity contribution in [3.8, 4) is 0 Å². The highest BCUT2D eigenvalue weighted by Gasteiger charge is 2.10. The summed E-state index contributed by atoms with van der Waals surface area (Å²) in [5.74, 6) is 0. The Morgan fingerprint density at radius 2 is 1.33 bits per heavy atom. The first-order valence-electron chi connectivity index (χ1n) is 4.59. The molecule has 0 amide bonds. The minimum atomic E-state index is -0.886. The predicted molar refractivity (Wildman–Crippen MR) is 55.2 cm³/mol. The van der Waals surface area contributed by atoms with Gasteiger partial charge in [-0.05, 0) is 0 Å². The maximum Gasteiger partial charge on any atom is 0.183 e. The first-order valence-corrected chi connectivity index (χ1v) is 4.59. The van der Waals surface area contributed by atoms with Crippen LogP contribution < -0.4 is 0 Å². The smallest absolute Gasteiger partial charge is 0.183 e. The van der Waals surface area contributed by atoms with E-state index in [1.54, 1.807) is 26.4 Å². The second-order valence-corrected chi connectivity index (χ2v) is 3.06. The lowest BCUT2D eigenvalue weighted by molar-refractivity contribution is -0.106. The zero-order valence-corrected chi connectivity index (χ0v) is 9.14. The van der Waals surface area contributed by atoms with Crippen LogP contribution in [0.1, 0.15) is 23.7 Å².